The molecule has 2 fully saturated rings. The third-order valence-corrected chi connectivity index (χ3v) is 4.35. The van der Waals surface area contributed by atoms with Crippen molar-refractivity contribution in [1.82, 2.24) is 0 Å². The largest absolute Gasteiger partial charge is 0.493 e. The van der Waals surface area contributed by atoms with Crippen molar-refractivity contribution in [3.05, 3.63) is 18.2 Å². The van der Waals surface area contributed by atoms with Gasteiger partial charge in [-0.15, -0.1) is 0 Å². The summed E-state index contributed by atoms with van der Waals surface area (Å²) in [4.78, 5) is 0. The molecule has 0 aliphatic heterocycles. The average Bonchev–Trinajstić information content (AvgIpc) is 3.14. The Labute approximate surface area is 121 Å². The minimum Gasteiger partial charge on any atom is -0.493 e. The Hall–Kier alpha value is -1.38. The maximum atomic E-state index is 6.19. The number of methoxy groups -OCH3 is 1. The molecule has 0 unspecified atom stereocenters. The number of rotatable bonds is 5. The molecule has 0 bridgehead atoms. The van der Waals surface area contributed by atoms with Crippen LogP contribution in [0.2, 0.25) is 0 Å². The molecule has 1 aromatic rings. The number of para-hydroxylation sites is 1. The lowest BCUT2D eigenvalue weighted by molar-refractivity contribution is 0.164. The van der Waals surface area contributed by atoms with Crippen molar-refractivity contribution in [1.29, 1.82) is 0 Å². The van der Waals surface area contributed by atoms with Gasteiger partial charge in [-0.3, -0.25) is 0 Å². The third kappa shape index (κ3) is 3.02. The van der Waals surface area contributed by atoms with E-state index in [2.05, 4.69) is 0 Å². The molecule has 0 heterocycles. The van der Waals surface area contributed by atoms with Gasteiger partial charge in [0.25, 0.3) is 0 Å². The predicted molar refractivity (Wildman–Crippen MR) is 78.8 cm³/mol. The van der Waals surface area contributed by atoms with Crippen molar-refractivity contribution in [2.75, 3.05) is 7.11 Å². The Morgan fingerprint density at radius 1 is 0.800 bits per heavy atom. The van der Waals surface area contributed by atoms with Crippen LogP contribution in [0.5, 0.6) is 17.2 Å². The summed E-state index contributed by atoms with van der Waals surface area (Å²) < 4.78 is 17.8. The number of ether oxygens (including phenoxy) is 3. The molecule has 3 nitrogen and oxygen atoms in total. The van der Waals surface area contributed by atoms with Crippen LogP contribution in [-0.4, -0.2) is 19.3 Å². The lowest BCUT2D eigenvalue weighted by atomic mass is 10.2. The quantitative estimate of drug-likeness (QED) is 0.800. The van der Waals surface area contributed by atoms with Crippen LogP contribution in [0, 0.1) is 0 Å². The van der Waals surface area contributed by atoms with Crippen molar-refractivity contribution in [2.45, 2.75) is 63.6 Å². The molecule has 0 saturated heterocycles. The molecule has 3 heteroatoms. The molecule has 2 aliphatic carbocycles. The fraction of sp³-hybridized carbons (Fsp3) is 0.647. The van der Waals surface area contributed by atoms with E-state index in [9.17, 15) is 0 Å². The van der Waals surface area contributed by atoms with E-state index >= 15 is 0 Å². The molecule has 20 heavy (non-hydrogen) atoms. The average molecular weight is 276 g/mol. The molecule has 0 aromatic heterocycles. The summed E-state index contributed by atoms with van der Waals surface area (Å²) in [6.07, 6.45) is 10.3. The van der Waals surface area contributed by atoms with Crippen molar-refractivity contribution >= 4 is 0 Å². The van der Waals surface area contributed by atoms with Crippen LogP contribution in [0.4, 0.5) is 0 Å². The van der Waals surface area contributed by atoms with Gasteiger partial charge in [-0.05, 0) is 63.5 Å². The highest BCUT2D eigenvalue weighted by atomic mass is 16.5. The van der Waals surface area contributed by atoms with E-state index in [0.29, 0.717) is 12.2 Å². The Balaban J connectivity index is 1.79. The van der Waals surface area contributed by atoms with Crippen molar-refractivity contribution in [3.8, 4) is 17.2 Å². The minimum atomic E-state index is 0.317. The summed E-state index contributed by atoms with van der Waals surface area (Å²) in [5.74, 6) is 2.43. The first-order valence-corrected chi connectivity index (χ1v) is 7.87. The molecule has 0 atom stereocenters. The van der Waals surface area contributed by atoms with E-state index in [0.717, 1.165) is 42.9 Å². The Morgan fingerprint density at radius 2 is 1.35 bits per heavy atom. The van der Waals surface area contributed by atoms with Crippen molar-refractivity contribution in [3.63, 3.8) is 0 Å². The van der Waals surface area contributed by atoms with E-state index in [-0.39, 0.29) is 0 Å². The smallest absolute Gasteiger partial charge is 0.203 e. The van der Waals surface area contributed by atoms with E-state index in [1.54, 1.807) is 7.11 Å². The lowest BCUT2D eigenvalue weighted by Crippen LogP contribution is -2.15. The van der Waals surface area contributed by atoms with E-state index in [1.807, 2.05) is 18.2 Å². The first-order valence-electron chi connectivity index (χ1n) is 7.87. The summed E-state index contributed by atoms with van der Waals surface area (Å²) in [6, 6.07) is 5.93. The monoisotopic (exact) mass is 276 g/mol. The second-order valence-corrected chi connectivity index (χ2v) is 5.84. The SMILES string of the molecule is COc1cccc(OC2CCCC2)c1OC1CCCC1. The highest BCUT2D eigenvalue weighted by Gasteiger charge is 2.23. The Bertz CT molecular complexity index is 432. The second-order valence-electron chi connectivity index (χ2n) is 5.84. The molecular weight excluding hydrogens is 252 g/mol. The van der Waals surface area contributed by atoms with Crippen LogP contribution in [0.25, 0.3) is 0 Å². The predicted octanol–water partition coefficient (Wildman–Crippen LogP) is 4.34. The maximum Gasteiger partial charge on any atom is 0.203 e. The molecule has 0 spiro atoms. The fourth-order valence-electron chi connectivity index (χ4n) is 3.22. The van der Waals surface area contributed by atoms with Gasteiger partial charge >= 0.3 is 0 Å². The van der Waals surface area contributed by atoms with E-state index in [4.69, 9.17) is 14.2 Å². The van der Waals surface area contributed by atoms with Gasteiger partial charge in [-0.2, -0.15) is 0 Å². The van der Waals surface area contributed by atoms with Crippen molar-refractivity contribution in [2.24, 2.45) is 0 Å². The summed E-state index contributed by atoms with van der Waals surface area (Å²) in [5, 5.41) is 0. The Kier molecular flexibility index (Phi) is 4.34. The normalized spacial score (nSPS) is 20.2. The summed E-state index contributed by atoms with van der Waals surface area (Å²) in [6.45, 7) is 0. The van der Waals surface area contributed by atoms with Gasteiger partial charge in [-0.1, -0.05) is 6.07 Å². The molecule has 3 rings (SSSR count). The van der Waals surface area contributed by atoms with Crippen LogP contribution in [0.15, 0.2) is 18.2 Å². The zero-order valence-corrected chi connectivity index (χ0v) is 12.3. The Morgan fingerprint density at radius 3 is 1.95 bits per heavy atom. The first kappa shape index (κ1) is 13.6. The zero-order chi connectivity index (χ0) is 13.8. The fourth-order valence-corrected chi connectivity index (χ4v) is 3.22. The molecule has 0 radical (unpaired) electrons. The third-order valence-electron chi connectivity index (χ3n) is 4.35. The molecule has 0 amide bonds. The van der Waals surface area contributed by atoms with Crippen LogP contribution >= 0.6 is 0 Å². The molecule has 1 aromatic carbocycles. The van der Waals surface area contributed by atoms with E-state index in [1.165, 1.54) is 25.7 Å². The zero-order valence-electron chi connectivity index (χ0n) is 12.3. The molecular formula is C17H24O3. The summed E-state index contributed by atoms with van der Waals surface area (Å²) in [7, 11) is 1.69. The molecule has 2 aliphatic rings. The van der Waals surface area contributed by atoms with Gasteiger partial charge in [0.15, 0.2) is 11.5 Å². The number of hydrogen-bond donors (Lipinski definition) is 0. The van der Waals surface area contributed by atoms with Gasteiger partial charge in [0.1, 0.15) is 0 Å². The summed E-state index contributed by atoms with van der Waals surface area (Å²) >= 11 is 0. The standard InChI is InChI=1S/C17H24O3/c1-18-15-11-6-12-16(19-13-7-2-3-8-13)17(15)20-14-9-4-5-10-14/h6,11-14H,2-5,7-10H2,1H3. The maximum absolute atomic E-state index is 6.19. The minimum absolute atomic E-state index is 0.317. The van der Waals surface area contributed by atoms with Gasteiger partial charge in [-0.25, -0.2) is 0 Å². The van der Waals surface area contributed by atoms with Gasteiger partial charge < -0.3 is 14.2 Å². The molecule has 110 valence electrons. The van der Waals surface area contributed by atoms with Crippen molar-refractivity contribution < 1.29 is 14.2 Å². The van der Waals surface area contributed by atoms with Gasteiger partial charge in [0.05, 0.1) is 19.3 Å². The number of benzene rings is 1. The highest BCUT2D eigenvalue weighted by Crippen LogP contribution is 2.41. The van der Waals surface area contributed by atoms with E-state index < -0.39 is 0 Å². The first-order chi connectivity index (χ1) is 9.86. The second kappa shape index (κ2) is 6.38. The van der Waals surface area contributed by atoms with Gasteiger partial charge in [0, 0.05) is 0 Å². The highest BCUT2D eigenvalue weighted by molar-refractivity contribution is 5.51. The van der Waals surface area contributed by atoms with Crippen LogP contribution in [0.1, 0.15) is 51.4 Å². The summed E-state index contributed by atoms with van der Waals surface area (Å²) in [5.41, 5.74) is 0. The topological polar surface area (TPSA) is 27.7 Å². The van der Waals surface area contributed by atoms with Crippen LogP contribution in [-0.2, 0) is 0 Å². The lowest BCUT2D eigenvalue weighted by Gasteiger charge is -2.21. The molecule has 2 saturated carbocycles. The van der Waals surface area contributed by atoms with Crippen LogP contribution in [0.3, 0.4) is 0 Å². The molecule has 0 N–H and O–H groups in total. The van der Waals surface area contributed by atoms with Crippen LogP contribution < -0.4 is 14.2 Å². The number of hydrogen-bond acceptors (Lipinski definition) is 3. The van der Waals surface area contributed by atoms with Gasteiger partial charge in [0.2, 0.25) is 5.75 Å².